The van der Waals surface area contributed by atoms with Crippen LogP contribution in [0.4, 0.5) is 6.01 Å². The van der Waals surface area contributed by atoms with Gasteiger partial charge in [0.1, 0.15) is 6.26 Å². The SMILES string of the molecule is O=C(O)c1coc(N(CCO)C2CCCCC2)n1. The number of anilines is 1. The van der Waals surface area contributed by atoms with Crippen LogP contribution in [0.25, 0.3) is 0 Å². The monoisotopic (exact) mass is 254 g/mol. The van der Waals surface area contributed by atoms with Gasteiger partial charge in [-0.25, -0.2) is 4.79 Å². The van der Waals surface area contributed by atoms with Crippen LogP contribution < -0.4 is 4.90 Å². The summed E-state index contributed by atoms with van der Waals surface area (Å²) >= 11 is 0. The summed E-state index contributed by atoms with van der Waals surface area (Å²) < 4.78 is 5.22. The molecule has 1 aliphatic rings. The van der Waals surface area contributed by atoms with E-state index in [1.54, 1.807) is 0 Å². The van der Waals surface area contributed by atoms with Crippen molar-refractivity contribution < 1.29 is 19.4 Å². The van der Waals surface area contributed by atoms with E-state index in [0.717, 1.165) is 31.9 Å². The van der Waals surface area contributed by atoms with Gasteiger partial charge in [-0.2, -0.15) is 4.98 Å². The van der Waals surface area contributed by atoms with Crippen molar-refractivity contribution in [3.63, 3.8) is 0 Å². The van der Waals surface area contributed by atoms with Crippen LogP contribution in [0.2, 0.25) is 0 Å². The van der Waals surface area contributed by atoms with E-state index in [9.17, 15) is 4.79 Å². The quantitative estimate of drug-likeness (QED) is 0.828. The molecule has 1 heterocycles. The summed E-state index contributed by atoms with van der Waals surface area (Å²) in [6, 6.07) is 0.583. The van der Waals surface area contributed by atoms with E-state index in [4.69, 9.17) is 14.6 Å². The molecule has 2 rings (SSSR count). The van der Waals surface area contributed by atoms with E-state index in [1.807, 2.05) is 4.90 Å². The van der Waals surface area contributed by atoms with Crippen molar-refractivity contribution in [3.05, 3.63) is 12.0 Å². The second-order valence-electron chi connectivity index (χ2n) is 4.53. The van der Waals surface area contributed by atoms with Gasteiger partial charge in [0.15, 0.2) is 5.69 Å². The highest BCUT2D eigenvalue weighted by atomic mass is 16.4. The van der Waals surface area contributed by atoms with E-state index in [1.165, 1.54) is 6.42 Å². The van der Waals surface area contributed by atoms with Crippen molar-refractivity contribution in [3.8, 4) is 0 Å². The molecule has 0 aromatic carbocycles. The third kappa shape index (κ3) is 2.81. The molecule has 1 fully saturated rings. The topological polar surface area (TPSA) is 86.8 Å². The minimum absolute atomic E-state index is 0.00127. The maximum absolute atomic E-state index is 10.8. The zero-order valence-corrected chi connectivity index (χ0v) is 10.2. The number of carbonyl (C=O) groups is 1. The second-order valence-corrected chi connectivity index (χ2v) is 4.53. The van der Waals surface area contributed by atoms with Gasteiger partial charge in [-0.15, -0.1) is 0 Å². The average molecular weight is 254 g/mol. The van der Waals surface area contributed by atoms with Gasteiger partial charge in [0.2, 0.25) is 0 Å². The Morgan fingerprint density at radius 1 is 1.44 bits per heavy atom. The Morgan fingerprint density at radius 2 is 2.17 bits per heavy atom. The number of aromatic nitrogens is 1. The van der Waals surface area contributed by atoms with Gasteiger partial charge in [0.05, 0.1) is 6.61 Å². The summed E-state index contributed by atoms with van der Waals surface area (Å²) in [6.45, 7) is 0.422. The fourth-order valence-corrected chi connectivity index (χ4v) is 2.43. The molecule has 0 saturated heterocycles. The number of carboxylic acids is 1. The molecule has 0 bridgehead atoms. The predicted molar refractivity (Wildman–Crippen MR) is 64.8 cm³/mol. The molecule has 1 saturated carbocycles. The van der Waals surface area contributed by atoms with Crippen LogP contribution in [0, 0.1) is 0 Å². The minimum atomic E-state index is -1.10. The Morgan fingerprint density at radius 3 is 2.72 bits per heavy atom. The van der Waals surface area contributed by atoms with E-state index < -0.39 is 5.97 Å². The Hall–Kier alpha value is -1.56. The smallest absolute Gasteiger partial charge is 0.357 e. The zero-order chi connectivity index (χ0) is 13.0. The number of hydrogen-bond donors (Lipinski definition) is 2. The molecule has 2 N–H and O–H groups in total. The van der Waals surface area contributed by atoms with E-state index >= 15 is 0 Å². The average Bonchev–Trinajstić information content (AvgIpc) is 2.86. The fraction of sp³-hybridized carbons (Fsp3) is 0.667. The molecule has 0 amide bonds. The Kier molecular flexibility index (Phi) is 4.19. The molecule has 1 aliphatic carbocycles. The van der Waals surface area contributed by atoms with E-state index in [0.29, 0.717) is 12.6 Å². The van der Waals surface area contributed by atoms with Gasteiger partial charge >= 0.3 is 5.97 Å². The van der Waals surface area contributed by atoms with E-state index in [-0.39, 0.29) is 18.3 Å². The highest BCUT2D eigenvalue weighted by Crippen LogP contribution is 2.26. The number of nitrogens with zero attached hydrogens (tertiary/aromatic N) is 2. The number of rotatable bonds is 5. The van der Waals surface area contributed by atoms with Crippen molar-refractivity contribution in [1.29, 1.82) is 0 Å². The third-order valence-electron chi connectivity index (χ3n) is 3.31. The van der Waals surface area contributed by atoms with Crippen LogP contribution in [0.5, 0.6) is 0 Å². The first-order valence-electron chi connectivity index (χ1n) is 6.28. The second kappa shape index (κ2) is 5.86. The lowest BCUT2D eigenvalue weighted by atomic mass is 9.94. The number of aliphatic hydroxyl groups excluding tert-OH is 1. The highest BCUT2D eigenvalue weighted by molar-refractivity contribution is 5.85. The summed E-state index contributed by atoms with van der Waals surface area (Å²) in [6.07, 6.45) is 6.74. The standard InChI is InChI=1S/C12H18N2O4/c15-7-6-14(9-4-2-1-3-5-9)12-13-10(8-18-12)11(16)17/h8-9,15H,1-7H2,(H,16,17). The van der Waals surface area contributed by atoms with Crippen molar-refractivity contribution in [2.45, 2.75) is 38.1 Å². The van der Waals surface area contributed by atoms with Gasteiger partial charge in [-0.1, -0.05) is 19.3 Å². The fourth-order valence-electron chi connectivity index (χ4n) is 2.43. The predicted octanol–water partition coefficient (Wildman–Crippen LogP) is 1.50. The minimum Gasteiger partial charge on any atom is -0.476 e. The van der Waals surface area contributed by atoms with Crippen LogP contribution >= 0.6 is 0 Å². The molecule has 18 heavy (non-hydrogen) atoms. The lowest BCUT2D eigenvalue weighted by Crippen LogP contribution is -2.39. The molecule has 1 aromatic heterocycles. The van der Waals surface area contributed by atoms with Crippen molar-refractivity contribution in [1.82, 2.24) is 4.98 Å². The first-order valence-corrected chi connectivity index (χ1v) is 6.28. The summed E-state index contributed by atoms with van der Waals surface area (Å²) in [5.41, 5.74) is -0.0938. The first kappa shape index (κ1) is 12.9. The van der Waals surface area contributed by atoms with Gasteiger partial charge in [0, 0.05) is 12.6 Å². The Labute approximate surface area is 105 Å². The Balaban J connectivity index is 2.14. The molecule has 0 spiro atoms. The first-order chi connectivity index (χ1) is 8.72. The van der Waals surface area contributed by atoms with Crippen LogP contribution in [-0.2, 0) is 0 Å². The maximum atomic E-state index is 10.8. The molecule has 6 nitrogen and oxygen atoms in total. The lowest BCUT2D eigenvalue weighted by molar-refractivity contribution is 0.0690. The molecule has 6 heteroatoms. The number of carboxylic acid groups (broad SMARTS) is 1. The summed E-state index contributed by atoms with van der Waals surface area (Å²) in [5, 5.41) is 17.9. The van der Waals surface area contributed by atoms with E-state index in [2.05, 4.69) is 4.98 Å². The van der Waals surface area contributed by atoms with Crippen molar-refractivity contribution in [2.75, 3.05) is 18.1 Å². The van der Waals surface area contributed by atoms with Crippen LogP contribution in [0.15, 0.2) is 10.7 Å². The molecule has 0 unspecified atom stereocenters. The zero-order valence-electron chi connectivity index (χ0n) is 10.2. The molecule has 1 aromatic rings. The molecular formula is C12H18N2O4. The van der Waals surface area contributed by atoms with Crippen LogP contribution in [0.1, 0.15) is 42.6 Å². The van der Waals surface area contributed by atoms with Gasteiger partial charge in [-0.05, 0) is 12.8 Å². The summed E-state index contributed by atoms with van der Waals surface area (Å²) in [4.78, 5) is 16.6. The van der Waals surface area contributed by atoms with Gasteiger partial charge < -0.3 is 19.5 Å². The van der Waals surface area contributed by atoms with Crippen LogP contribution in [-0.4, -0.2) is 40.4 Å². The van der Waals surface area contributed by atoms with Crippen molar-refractivity contribution in [2.24, 2.45) is 0 Å². The molecule has 0 aliphatic heterocycles. The Bertz CT molecular complexity index is 399. The number of hydrogen-bond acceptors (Lipinski definition) is 5. The largest absolute Gasteiger partial charge is 0.476 e. The number of oxazole rings is 1. The number of aliphatic hydroxyl groups is 1. The normalized spacial score (nSPS) is 16.7. The van der Waals surface area contributed by atoms with Crippen LogP contribution in [0.3, 0.4) is 0 Å². The molecule has 0 radical (unpaired) electrons. The molecule has 100 valence electrons. The lowest BCUT2D eigenvalue weighted by Gasteiger charge is -2.32. The van der Waals surface area contributed by atoms with Gasteiger partial charge in [0.25, 0.3) is 6.01 Å². The summed E-state index contributed by atoms with van der Waals surface area (Å²) in [7, 11) is 0. The van der Waals surface area contributed by atoms with Gasteiger partial charge in [-0.3, -0.25) is 0 Å². The highest BCUT2D eigenvalue weighted by Gasteiger charge is 2.25. The summed E-state index contributed by atoms with van der Waals surface area (Å²) in [5.74, 6) is -1.10. The molecular weight excluding hydrogens is 236 g/mol. The third-order valence-corrected chi connectivity index (χ3v) is 3.31. The molecule has 0 atom stereocenters. The number of aromatic carboxylic acids is 1. The maximum Gasteiger partial charge on any atom is 0.357 e. The van der Waals surface area contributed by atoms with Crippen molar-refractivity contribution >= 4 is 12.0 Å².